The van der Waals surface area contributed by atoms with Crippen molar-refractivity contribution in [2.24, 2.45) is 5.92 Å². The monoisotopic (exact) mass is 286 g/mol. The number of furan rings is 1. The number of amides is 1. The lowest BCUT2D eigenvalue weighted by molar-refractivity contribution is 0.0779. The molecule has 2 atom stereocenters. The molecule has 2 aromatic rings. The maximum absolute atomic E-state index is 12.5. The van der Waals surface area contributed by atoms with Gasteiger partial charge in [-0.15, -0.1) is 0 Å². The van der Waals surface area contributed by atoms with Crippen LogP contribution in [0.3, 0.4) is 0 Å². The minimum absolute atomic E-state index is 0.0241. The zero-order valence-electron chi connectivity index (χ0n) is 11.9. The summed E-state index contributed by atoms with van der Waals surface area (Å²) >= 11 is 0. The molecule has 5 nitrogen and oxygen atoms in total. The van der Waals surface area contributed by atoms with Crippen LogP contribution in [0.1, 0.15) is 27.7 Å². The van der Waals surface area contributed by atoms with Gasteiger partial charge >= 0.3 is 0 Å². The van der Waals surface area contributed by atoms with Crippen molar-refractivity contribution in [2.75, 3.05) is 19.7 Å². The van der Waals surface area contributed by atoms with Crippen LogP contribution in [-0.4, -0.2) is 40.6 Å². The van der Waals surface area contributed by atoms with Gasteiger partial charge in [-0.2, -0.15) is 0 Å². The van der Waals surface area contributed by atoms with Crippen LogP contribution in [0.15, 0.2) is 41.1 Å². The van der Waals surface area contributed by atoms with E-state index in [4.69, 9.17) is 4.42 Å². The molecule has 0 aliphatic carbocycles. The molecule has 1 amide bonds. The first-order valence-corrected chi connectivity index (χ1v) is 7.06. The number of rotatable bonds is 3. The van der Waals surface area contributed by atoms with Gasteiger partial charge in [0.1, 0.15) is 5.76 Å². The SMILES string of the molecule is Cc1occc1C(=O)N1C[C@@H](CO)[C@H](c2ccccn2)C1. The Morgan fingerprint density at radius 3 is 2.90 bits per heavy atom. The van der Waals surface area contributed by atoms with Crippen molar-refractivity contribution in [1.82, 2.24) is 9.88 Å². The van der Waals surface area contributed by atoms with Crippen molar-refractivity contribution in [1.29, 1.82) is 0 Å². The van der Waals surface area contributed by atoms with E-state index < -0.39 is 0 Å². The van der Waals surface area contributed by atoms with Gasteiger partial charge in [0.25, 0.3) is 5.91 Å². The molecule has 0 spiro atoms. The Morgan fingerprint density at radius 2 is 2.29 bits per heavy atom. The highest BCUT2D eigenvalue weighted by Crippen LogP contribution is 2.32. The molecule has 0 aromatic carbocycles. The molecule has 2 aromatic heterocycles. The van der Waals surface area contributed by atoms with Crippen molar-refractivity contribution in [3.63, 3.8) is 0 Å². The first-order chi connectivity index (χ1) is 10.2. The smallest absolute Gasteiger partial charge is 0.257 e. The number of aliphatic hydroxyl groups excluding tert-OH is 1. The molecule has 0 unspecified atom stereocenters. The molecular weight excluding hydrogens is 268 g/mol. The summed E-state index contributed by atoms with van der Waals surface area (Å²) in [5.74, 6) is 0.684. The molecule has 1 aliphatic rings. The van der Waals surface area contributed by atoms with E-state index in [0.717, 1.165) is 5.69 Å². The van der Waals surface area contributed by atoms with Crippen LogP contribution in [0.4, 0.5) is 0 Å². The first-order valence-electron chi connectivity index (χ1n) is 7.06. The average molecular weight is 286 g/mol. The largest absolute Gasteiger partial charge is 0.469 e. The third-order valence-electron chi connectivity index (χ3n) is 4.12. The van der Waals surface area contributed by atoms with Crippen molar-refractivity contribution in [3.05, 3.63) is 53.7 Å². The van der Waals surface area contributed by atoms with Gasteiger partial charge in [0.2, 0.25) is 0 Å². The summed E-state index contributed by atoms with van der Waals surface area (Å²) in [5, 5.41) is 9.60. The molecule has 3 rings (SSSR count). The summed E-state index contributed by atoms with van der Waals surface area (Å²) < 4.78 is 5.20. The summed E-state index contributed by atoms with van der Waals surface area (Å²) in [4.78, 5) is 18.7. The van der Waals surface area contributed by atoms with E-state index in [0.29, 0.717) is 24.4 Å². The summed E-state index contributed by atoms with van der Waals surface area (Å²) in [6, 6.07) is 7.44. The number of likely N-dealkylation sites (tertiary alicyclic amines) is 1. The summed E-state index contributed by atoms with van der Waals surface area (Å²) in [5.41, 5.74) is 1.52. The lowest BCUT2D eigenvalue weighted by Gasteiger charge is -2.15. The van der Waals surface area contributed by atoms with Gasteiger partial charge in [0.15, 0.2) is 0 Å². The van der Waals surface area contributed by atoms with Gasteiger partial charge in [-0.3, -0.25) is 9.78 Å². The van der Waals surface area contributed by atoms with Crippen LogP contribution in [0.2, 0.25) is 0 Å². The quantitative estimate of drug-likeness (QED) is 0.935. The van der Waals surface area contributed by atoms with E-state index in [9.17, 15) is 9.90 Å². The highest BCUT2D eigenvalue weighted by molar-refractivity contribution is 5.95. The number of hydrogen-bond donors (Lipinski definition) is 1. The number of carbonyl (C=O) groups is 1. The molecule has 1 saturated heterocycles. The molecule has 110 valence electrons. The maximum Gasteiger partial charge on any atom is 0.257 e. The number of aromatic nitrogens is 1. The van der Waals surface area contributed by atoms with Crippen LogP contribution >= 0.6 is 0 Å². The van der Waals surface area contributed by atoms with Crippen molar-refractivity contribution >= 4 is 5.91 Å². The minimum atomic E-state index is -0.0434. The zero-order chi connectivity index (χ0) is 14.8. The standard InChI is InChI=1S/C16H18N2O3/c1-11-13(5-7-21-11)16(20)18-8-12(10-19)14(9-18)15-4-2-3-6-17-15/h2-7,12,14,19H,8-10H2,1H3/t12-,14+/m0/s1. The third-order valence-corrected chi connectivity index (χ3v) is 4.12. The molecular formula is C16H18N2O3. The minimum Gasteiger partial charge on any atom is -0.469 e. The number of nitrogens with zero attached hydrogens (tertiary/aromatic N) is 2. The highest BCUT2D eigenvalue weighted by Gasteiger charge is 2.37. The Kier molecular flexibility index (Phi) is 3.75. The first kappa shape index (κ1) is 13.8. The van der Waals surface area contributed by atoms with Crippen molar-refractivity contribution < 1.29 is 14.3 Å². The number of aliphatic hydroxyl groups is 1. The predicted octanol–water partition coefficient (Wildman–Crippen LogP) is 1.83. The molecule has 21 heavy (non-hydrogen) atoms. The molecule has 1 N–H and O–H groups in total. The zero-order valence-corrected chi connectivity index (χ0v) is 11.9. The average Bonchev–Trinajstić information content (AvgIpc) is 3.13. The highest BCUT2D eigenvalue weighted by atomic mass is 16.3. The van der Waals surface area contributed by atoms with E-state index in [2.05, 4.69) is 4.98 Å². The summed E-state index contributed by atoms with van der Waals surface area (Å²) in [6.07, 6.45) is 3.27. The number of carbonyl (C=O) groups excluding carboxylic acids is 1. The number of hydrogen-bond acceptors (Lipinski definition) is 4. The molecule has 0 bridgehead atoms. The van der Waals surface area contributed by atoms with Crippen LogP contribution < -0.4 is 0 Å². The van der Waals surface area contributed by atoms with Gasteiger partial charge < -0.3 is 14.4 Å². The molecule has 1 fully saturated rings. The Balaban J connectivity index is 1.81. The van der Waals surface area contributed by atoms with E-state index in [1.165, 1.54) is 6.26 Å². The number of pyridine rings is 1. The van der Waals surface area contributed by atoms with Crippen molar-refractivity contribution in [2.45, 2.75) is 12.8 Å². The predicted molar refractivity (Wildman–Crippen MR) is 76.9 cm³/mol. The molecule has 3 heterocycles. The van der Waals surface area contributed by atoms with Gasteiger partial charge in [0.05, 0.1) is 11.8 Å². The lowest BCUT2D eigenvalue weighted by atomic mass is 9.93. The van der Waals surface area contributed by atoms with Crippen LogP contribution in [0, 0.1) is 12.8 Å². The molecule has 0 saturated carbocycles. The van der Waals surface area contributed by atoms with Gasteiger partial charge in [-0.05, 0) is 25.1 Å². The second kappa shape index (κ2) is 5.69. The maximum atomic E-state index is 12.5. The summed E-state index contributed by atoms with van der Waals surface area (Å²) in [7, 11) is 0. The second-order valence-electron chi connectivity index (χ2n) is 5.40. The Labute approximate surface area is 123 Å². The van der Waals surface area contributed by atoms with Crippen LogP contribution in [-0.2, 0) is 0 Å². The van der Waals surface area contributed by atoms with E-state index >= 15 is 0 Å². The fourth-order valence-electron chi connectivity index (χ4n) is 2.93. The van der Waals surface area contributed by atoms with E-state index in [1.54, 1.807) is 24.1 Å². The Hall–Kier alpha value is -2.14. The molecule has 1 aliphatic heterocycles. The van der Waals surface area contributed by atoms with E-state index in [1.807, 2.05) is 18.2 Å². The second-order valence-corrected chi connectivity index (χ2v) is 5.40. The van der Waals surface area contributed by atoms with Gasteiger partial charge in [-0.1, -0.05) is 6.07 Å². The lowest BCUT2D eigenvalue weighted by Crippen LogP contribution is -2.29. The topological polar surface area (TPSA) is 66.6 Å². The van der Waals surface area contributed by atoms with Crippen LogP contribution in [0.5, 0.6) is 0 Å². The molecule has 5 heteroatoms. The fraction of sp³-hybridized carbons (Fsp3) is 0.375. The van der Waals surface area contributed by atoms with Gasteiger partial charge in [-0.25, -0.2) is 0 Å². The third kappa shape index (κ3) is 2.56. The van der Waals surface area contributed by atoms with Gasteiger partial charge in [0, 0.05) is 43.4 Å². The normalized spacial score (nSPS) is 21.7. The summed E-state index contributed by atoms with van der Waals surface area (Å²) in [6.45, 7) is 2.95. The van der Waals surface area contributed by atoms with E-state index in [-0.39, 0.29) is 24.3 Å². The molecule has 0 radical (unpaired) electrons. The Morgan fingerprint density at radius 1 is 1.43 bits per heavy atom. The number of aryl methyl sites for hydroxylation is 1. The fourth-order valence-corrected chi connectivity index (χ4v) is 2.93. The Bertz CT molecular complexity index is 623. The van der Waals surface area contributed by atoms with Crippen LogP contribution in [0.25, 0.3) is 0 Å². The van der Waals surface area contributed by atoms with Crippen molar-refractivity contribution in [3.8, 4) is 0 Å².